The zero-order valence-electron chi connectivity index (χ0n) is 8.72. The van der Waals surface area contributed by atoms with Crippen LogP contribution in [0, 0.1) is 12.7 Å². The van der Waals surface area contributed by atoms with Crippen molar-refractivity contribution in [3.8, 4) is 0 Å². The van der Waals surface area contributed by atoms with Gasteiger partial charge in [0.15, 0.2) is 0 Å². The zero-order chi connectivity index (χ0) is 11.3. The predicted octanol–water partition coefficient (Wildman–Crippen LogP) is 1.10. The van der Waals surface area contributed by atoms with Crippen LogP contribution in [0.15, 0.2) is 18.2 Å². The van der Waals surface area contributed by atoms with E-state index in [0.717, 1.165) is 11.1 Å². The van der Waals surface area contributed by atoms with Crippen molar-refractivity contribution in [2.24, 2.45) is 5.73 Å². The van der Waals surface area contributed by atoms with Crippen LogP contribution in [-0.2, 0) is 11.3 Å². The van der Waals surface area contributed by atoms with Crippen LogP contribution in [0.1, 0.15) is 17.5 Å². The van der Waals surface area contributed by atoms with Gasteiger partial charge in [-0.05, 0) is 30.2 Å². The molecule has 0 bridgehead atoms. The molecule has 0 aromatic heterocycles. The van der Waals surface area contributed by atoms with Crippen LogP contribution >= 0.6 is 0 Å². The Bertz CT molecular complexity index is 352. The highest BCUT2D eigenvalue weighted by Crippen LogP contribution is 2.09. The van der Waals surface area contributed by atoms with Crippen molar-refractivity contribution in [2.45, 2.75) is 19.9 Å². The molecule has 0 fully saturated rings. The van der Waals surface area contributed by atoms with Gasteiger partial charge in [0, 0.05) is 19.5 Å². The third kappa shape index (κ3) is 4.08. The van der Waals surface area contributed by atoms with E-state index in [1.54, 1.807) is 6.07 Å². The second-order valence-electron chi connectivity index (χ2n) is 3.46. The van der Waals surface area contributed by atoms with Crippen molar-refractivity contribution in [1.82, 2.24) is 5.32 Å². The number of benzene rings is 1. The monoisotopic (exact) mass is 210 g/mol. The largest absolute Gasteiger partial charge is 0.370 e. The van der Waals surface area contributed by atoms with Gasteiger partial charge in [0.2, 0.25) is 5.91 Å². The van der Waals surface area contributed by atoms with Gasteiger partial charge in [-0.1, -0.05) is 6.07 Å². The lowest BCUT2D eigenvalue weighted by Crippen LogP contribution is -2.21. The van der Waals surface area contributed by atoms with Crippen LogP contribution in [0.25, 0.3) is 0 Å². The first-order valence-electron chi connectivity index (χ1n) is 4.83. The van der Waals surface area contributed by atoms with Gasteiger partial charge < -0.3 is 11.1 Å². The van der Waals surface area contributed by atoms with Crippen LogP contribution in [0.2, 0.25) is 0 Å². The van der Waals surface area contributed by atoms with E-state index in [9.17, 15) is 9.18 Å². The predicted molar refractivity (Wildman–Crippen MR) is 56.7 cm³/mol. The standard InChI is InChI=1S/C11H15FN2O/c1-8-6-10(12)3-2-9(8)7-14-5-4-11(13)15/h2-3,6,14H,4-5,7H2,1H3,(H2,13,15). The van der Waals surface area contributed by atoms with Crippen LogP contribution < -0.4 is 11.1 Å². The highest BCUT2D eigenvalue weighted by Gasteiger charge is 2.00. The third-order valence-corrected chi connectivity index (χ3v) is 2.17. The minimum absolute atomic E-state index is 0.228. The first-order chi connectivity index (χ1) is 7.09. The van der Waals surface area contributed by atoms with E-state index in [1.807, 2.05) is 6.92 Å². The molecule has 4 heteroatoms. The number of aryl methyl sites for hydroxylation is 1. The van der Waals surface area contributed by atoms with E-state index in [2.05, 4.69) is 5.32 Å². The van der Waals surface area contributed by atoms with Crippen molar-refractivity contribution in [1.29, 1.82) is 0 Å². The quantitative estimate of drug-likeness (QED) is 0.715. The van der Waals surface area contributed by atoms with Crippen molar-refractivity contribution >= 4 is 5.91 Å². The van der Waals surface area contributed by atoms with Crippen molar-refractivity contribution < 1.29 is 9.18 Å². The van der Waals surface area contributed by atoms with Gasteiger partial charge in [-0.15, -0.1) is 0 Å². The van der Waals surface area contributed by atoms with Crippen molar-refractivity contribution in [3.05, 3.63) is 35.1 Å². The highest BCUT2D eigenvalue weighted by molar-refractivity contribution is 5.73. The summed E-state index contributed by atoms with van der Waals surface area (Å²) < 4.78 is 12.8. The van der Waals surface area contributed by atoms with Crippen LogP contribution in [0.3, 0.4) is 0 Å². The molecule has 0 aliphatic rings. The maximum Gasteiger partial charge on any atom is 0.218 e. The molecule has 0 aliphatic heterocycles. The minimum Gasteiger partial charge on any atom is -0.370 e. The molecule has 82 valence electrons. The number of primary amides is 1. The summed E-state index contributed by atoms with van der Waals surface area (Å²) in [5.41, 5.74) is 6.93. The summed E-state index contributed by atoms with van der Waals surface area (Å²) in [4.78, 5) is 10.5. The SMILES string of the molecule is Cc1cc(F)ccc1CNCCC(N)=O. The number of carbonyl (C=O) groups excluding carboxylic acids is 1. The minimum atomic E-state index is -0.321. The number of hydrogen-bond acceptors (Lipinski definition) is 2. The van der Waals surface area contributed by atoms with E-state index < -0.39 is 0 Å². The molecule has 1 rings (SSSR count). The van der Waals surface area contributed by atoms with Gasteiger partial charge in [0.1, 0.15) is 5.82 Å². The highest BCUT2D eigenvalue weighted by atomic mass is 19.1. The average Bonchev–Trinajstić information content (AvgIpc) is 2.14. The Labute approximate surface area is 88.5 Å². The molecule has 0 unspecified atom stereocenters. The molecule has 1 amide bonds. The number of amides is 1. The van der Waals surface area contributed by atoms with E-state index >= 15 is 0 Å². The lowest BCUT2D eigenvalue weighted by molar-refractivity contribution is -0.117. The fraction of sp³-hybridized carbons (Fsp3) is 0.364. The Balaban J connectivity index is 2.40. The normalized spacial score (nSPS) is 10.3. The zero-order valence-corrected chi connectivity index (χ0v) is 8.72. The summed E-state index contributed by atoms with van der Waals surface area (Å²) in [7, 11) is 0. The Kier molecular flexibility index (Phi) is 4.24. The lowest BCUT2D eigenvalue weighted by Gasteiger charge is -2.06. The van der Waals surface area contributed by atoms with Crippen LogP contribution in [0.4, 0.5) is 4.39 Å². The number of rotatable bonds is 5. The molecule has 3 N–H and O–H groups in total. The molecular weight excluding hydrogens is 195 g/mol. The van der Waals surface area contributed by atoms with Gasteiger partial charge in [-0.2, -0.15) is 0 Å². The second kappa shape index (κ2) is 5.46. The summed E-state index contributed by atoms with van der Waals surface area (Å²) in [5.74, 6) is -0.549. The van der Waals surface area contributed by atoms with E-state index in [4.69, 9.17) is 5.73 Å². The Morgan fingerprint density at radius 3 is 2.87 bits per heavy atom. The molecule has 1 aromatic rings. The number of halogens is 1. The smallest absolute Gasteiger partial charge is 0.218 e. The molecule has 0 spiro atoms. The summed E-state index contributed by atoms with van der Waals surface area (Å²) in [5, 5.41) is 3.07. The molecular formula is C11H15FN2O. The maximum atomic E-state index is 12.8. The number of carbonyl (C=O) groups is 1. The van der Waals surface area contributed by atoms with Gasteiger partial charge in [0.25, 0.3) is 0 Å². The Hall–Kier alpha value is -1.42. The van der Waals surface area contributed by atoms with Gasteiger partial charge >= 0.3 is 0 Å². The first kappa shape index (κ1) is 11.7. The van der Waals surface area contributed by atoms with Crippen LogP contribution in [-0.4, -0.2) is 12.5 Å². The number of nitrogens with two attached hydrogens (primary N) is 1. The first-order valence-corrected chi connectivity index (χ1v) is 4.83. The summed E-state index contributed by atoms with van der Waals surface area (Å²) >= 11 is 0. The molecule has 0 saturated heterocycles. The molecule has 0 saturated carbocycles. The summed E-state index contributed by atoms with van der Waals surface area (Å²) in [6.45, 7) is 3.03. The topological polar surface area (TPSA) is 55.1 Å². The average molecular weight is 210 g/mol. The molecule has 0 radical (unpaired) electrons. The van der Waals surface area contributed by atoms with Crippen molar-refractivity contribution in [3.63, 3.8) is 0 Å². The summed E-state index contributed by atoms with van der Waals surface area (Å²) in [6, 6.07) is 4.66. The molecule has 15 heavy (non-hydrogen) atoms. The van der Waals surface area contributed by atoms with Gasteiger partial charge in [-0.3, -0.25) is 4.79 Å². The third-order valence-electron chi connectivity index (χ3n) is 2.17. The fourth-order valence-electron chi connectivity index (χ4n) is 1.29. The molecule has 1 aromatic carbocycles. The van der Waals surface area contributed by atoms with Gasteiger partial charge in [-0.25, -0.2) is 4.39 Å². The Morgan fingerprint density at radius 2 is 2.27 bits per heavy atom. The maximum absolute atomic E-state index is 12.8. The van der Waals surface area contributed by atoms with E-state index in [1.165, 1.54) is 12.1 Å². The summed E-state index contributed by atoms with van der Waals surface area (Å²) in [6.07, 6.45) is 0.320. The van der Waals surface area contributed by atoms with E-state index in [-0.39, 0.29) is 11.7 Å². The second-order valence-corrected chi connectivity index (χ2v) is 3.46. The van der Waals surface area contributed by atoms with Crippen molar-refractivity contribution in [2.75, 3.05) is 6.54 Å². The van der Waals surface area contributed by atoms with Gasteiger partial charge in [0.05, 0.1) is 0 Å². The number of nitrogens with one attached hydrogen (secondary N) is 1. The van der Waals surface area contributed by atoms with Crippen LogP contribution in [0.5, 0.6) is 0 Å². The number of hydrogen-bond donors (Lipinski definition) is 2. The Morgan fingerprint density at radius 1 is 1.53 bits per heavy atom. The molecule has 3 nitrogen and oxygen atoms in total. The fourth-order valence-corrected chi connectivity index (χ4v) is 1.29. The molecule has 0 heterocycles. The van der Waals surface area contributed by atoms with E-state index in [0.29, 0.717) is 19.5 Å². The molecule has 0 aliphatic carbocycles. The molecule has 0 atom stereocenters. The lowest BCUT2D eigenvalue weighted by atomic mass is 10.1.